The smallest absolute Gasteiger partial charge is 0.258 e. The van der Waals surface area contributed by atoms with Gasteiger partial charge in [0.2, 0.25) is 0 Å². The van der Waals surface area contributed by atoms with E-state index in [1.54, 1.807) is 0 Å². The summed E-state index contributed by atoms with van der Waals surface area (Å²) in [6.07, 6.45) is 0. The van der Waals surface area contributed by atoms with E-state index in [4.69, 9.17) is 16.3 Å². The fourth-order valence-corrected chi connectivity index (χ4v) is 2.65. The van der Waals surface area contributed by atoms with Crippen molar-refractivity contribution in [3.63, 3.8) is 0 Å². The highest BCUT2D eigenvalue weighted by atomic mass is 35.5. The summed E-state index contributed by atoms with van der Waals surface area (Å²) >= 11 is 6.00. The van der Waals surface area contributed by atoms with E-state index >= 15 is 0 Å². The van der Waals surface area contributed by atoms with Crippen molar-refractivity contribution in [2.24, 2.45) is 7.05 Å². The fourth-order valence-electron chi connectivity index (χ4n) is 2.47. The van der Waals surface area contributed by atoms with Gasteiger partial charge in [-0.05, 0) is 48.5 Å². The average molecular weight is 347 g/mol. The molecule has 24 heavy (non-hydrogen) atoms. The van der Waals surface area contributed by atoms with Crippen LogP contribution in [0.4, 0.5) is 4.39 Å². The van der Waals surface area contributed by atoms with Gasteiger partial charge in [-0.3, -0.25) is 4.79 Å². The maximum absolute atomic E-state index is 12.8. The standard InChI is InChI=1S/C18H16ClFN2O2/c1-22-15(9-12-8-13(19)2-7-17(12)22)10-21-18(23)11-24-16-5-3-14(20)4-6-16/h2-9H,10-11H2,1H3,(H,21,23). The van der Waals surface area contributed by atoms with Crippen LogP contribution in [0.5, 0.6) is 5.75 Å². The van der Waals surface area contributed by atoms with E-state index < -0.39 is 0 Å². The monoisotopic (exact) mass is 346 g/mol. The summed E-state index contributed by atoms with van der Waals surface area (Å²) in [4.78, 5) is 11.9. The maximum atomic E-state index is 12.8. The minimum absolute atomic E-state index is 0.124. The molecule has 0 aliphatic carbocycles. The molecular formula is C18H16ClFN2O2. The number of benzene rings is 2. The molecule has 4 nitrogen and oxygen atoms in total. The largest absolute Gasteiger partial charge is 0.484 e. The van der Waals surface area contributed by atoms with Crippen molar-refractivity contribution in [3.8, 4) is 5.75 Å². The second-order valence-electron chi connectivity index (χ2n) is 5.42. The summed E-state index contributed by atoms with van der Waals surface area (Å²) in [7, 11) is 1.94. The van der Waals surface area contributed by atoms with Gasteiger partial charge in [-0.25, -0.2) is 4.39 Å². The number of nitrogens with zero attached hydrogens (tertiary/aromatic N) is 1. The predicted molar refractivity (Wildman–Crippen MR) is 91.7 cm³/mol. The van der Waals surface area contributed by atoms with Crippen molar-refractivity contribution in [1.29, 1.82) is 0 Å². The zero-order valence-corrected chi connectivity index (χ0v) is 13.8. The van der Waals surface area contributed by atoms with Gasteiger partial charge in [-0.15, -0.1) is 0 Å². The SMILES string of the molecule is Cn1c(CNC(=O)COc2ccc(F)cc2)cc2cc(Cl)ccc21. The first-order valence-corrected chi connectivity index (χ1v) is 7.79. The Bertz CT molecular complexity index is 875. The summed E-state index contributed by atoms with van der Waals surface area (Å²) < 4.78 is 20.1. The molecule has 1 N–H and O–H groups in total. The minimum atomic E-state index is -0.345. The molecule has 0 aliphatic rings. The molecule has 0 saturated carbocycles. The molecule has 0 spiro atoms. The van der Waals surface area contributed by atoms with Crippen molar-refractivity contribution in [1.82, 2.24) is 9.88 Å². The Morgan fingerprint density at radius 2 is 1.96 bits per heavy atom. The van der Waals surface area contributed by atoms with Crippen molar-refractivity contribution in [2.45, 2.75) is 6.54 Å². The topological polar surface area (TPSA) is 43.3 Å². The third kappa shape index (κ3) is 3.68. The highest BCUT2D eigenvalue weighted by Gasteiger charge is 2.08. The number of hydrogen-bond donors (Lipinski definition) is 1. The van der Waals surface area contributed by atoms with Crippen LogP contribution in [0.15, 0.2) is 48.5 Å². The number of amides is 1. The van der Waals surface area contributed by atoms with Crippen molar-refractivity contribution in [2.75, 3.05) is 6.61 Å². The minimum Gasteiger partial charge on any atom is -0.484 e. The van der Waals surface area contributed by atoms with E-state index in [0.29, 0.717) is 17.3 Å². The number of nitrogens with one attached hydrogen (secondary N) is 1. The first-order valence-electron chi connectivity index (χ1n) is 7.42. The van der Waals surface area contributed by atoms with E-state index in [1.807, 2.05) is 35.9 Å². The number of halogens is 2. The summed E-state index contributed by atoms with van der Waals surface area (Å²) in [6.45, 7) is 0.260. The lowest BCUT2D eigenvalue weighted by atomic mass is 10.2. The predicted octanol–water partition coefficient (Wildman–Crippen LogP) is 3.67. The number of fused-ring (bicyclic) bond motifs is 1. The van der Waals surface area contributed by atoms with Gasteiger partial charge in [0.05, 0.1) is 6.54 Å². The zero-order chi connectivity index (χ0) is 17.1. The normalized spacial score (nSPS) is 10.8. The highest BCUT2D eigenvalue weighted by Crippen LogP contribution is 2.22. The zero-order valence-electron chi connectivity index (χ0n) is 13.1. The second kappa shape index (κ2) is 6.93. The fraction of sp³-hybridized carbons (Fsp3) is 0.167. The molecule has 3 aromatic rings. The van der Waals surface area contributed by atoms with Crippen molar-refractivity contribution < 1.29 is 13.9 Å². The van der Waals surface area contributed by atoms with Gasteiger partial charge in [0.25, 0.3) is 5.91 Å². The molecule has 124 valence electrons. The molecule has 2 aromatic carbocycles. The van der Waals surface area contributed by atoms with Crippen LogP contribution in [0.3, 0.4) is 0 Å². The molecule has 1 heterocycles. The lowest BCUT2D eigenvalue weighted by molar-refractivity contribution is -0.123. The van der Waals surface area contributed by atoms with E-state index in [2.05, 4.69) is 5.32 Å². The van der Waals surface area contributed by atoms with E-state index in [0.717, 1.165) is 16.6 Å². The molecule has 0 fully saturated rings. The van der Waals surface area contributed by atoms with Gasteiger partial charge >= 0.3 is 0 Å². The van der Waals surface area contributed by atoms with Gasteiger partial charge in [0, 0.05) is 28.7 Å². The van der Waals surface area contributed by atoms with Crippen LogP contribution in [0, 0.1) is 5.82 Å². The van der Waals surface area contributed by atoms with Crippen molar-refractivity contribution >= 4 is 28.4 Å². The van der Waals surface area contributed by atoms with E-state index in [-0.39, 0.29) is 18.3 Å². The molecule has 6 heteroatoms. The van der Waals surface area contributed by atoms with E-state index in [9.17, 15) is 9.18 Å². The third-order valence-corrected chi connectivity index (χ3v) is 3.99. The Morgan fingerprint density at radius 3 is 2.71 bits per heavy atom. The Hall–Kier alpha value is -2.53. The molecule has 0 unspecified atom stereocenters. The van der Waals surface area contributed by atoms with Gasteiger partial charge < -0.3 is 14.6 Å². The van der Waals surface area contributed by atoms with Crippen LogP contribution in [0.25, 0.3) is 10.9 Å². The molecule has 0 saturated heterocycles. The van der Waals surface area contributed by atoms with Crippen LogP contribution < -0.4 is 10.1 Å². The summed E-state index contributed by atoms with van der Waals surface area (Å²) in [5, 5.41) is 4.51. The molecular weight excluding hydrogens is 331 g/mol. The van der Waals surface area contributed by atoms with Crippen molar-refractivity contribution in [3.05, 3.63) is 65.1 Å². The molecule has 0 atom stereocenters. The molecule has 1 amide bonds. The average Bonchev–Trinajstić information content (AvgIpc) is 2.87. The molecule has 0 aliphatic heterocycles. The summed E-state index contributed by atoms with van der Waals surface area (Å²) in [5.41, 5.74) is 2.01. The number of aromatic nitrogens is 1. The molecule has 3 rings (SSSR count). The highest BCUT2D eigenvalue weighted by molar-refractivity contribution is 6.31. The Morgan fingerprint density at radius 1 is 1.21 bits per heavy atom. The lowest BCUT2D eigenvalue weighted by Crippen LogP contribution is -2.29. The van der Waals surface area contributed by atoms with Crippen LogP contribution in [-0.4, -0.2) is 17.1 Å². The lowest BCUT2D eigenvalue weighted by Gasteiger charge is -2.08. The van der Waals surface area contributed by atoms with E-state index in [1.165, 1.54) is 24.3 Å². The molecule has 0 radical (unpaired) electrons. The number of carbonyl (C=O) groups is 1. The molecule has 1 aromatic heterocycles. The third-order valence-electron chi connectivity index (χ3n) is 3.75. The Labute approximate surface area is 143 Å². The van der Waals surface area contributed by atoms with Crippen LogP contribution in [0.1, 0.15) is 5.69 Å². The van der Waals surface area contributed by atoms with Gasteiger partial charge in [0.15, 0.2) is 6.61 Å². The van der Waals surface area contributed by atoms with Crippen LogP contribution in [0.2, 0.25) is 5.02 Å². The number of carbonyl (C=O) groups excluding carboxylic acids is 1. The van der Waals surface area contributed by atoms with Gasteiger partial charge in [-0.2, -0.15) is 0 Å². The van der Waals surface area contributed by atoms with Gasteiger partial charge in [0.1, 0.15) is 11.6 Å². The van der Waals surface area contributed by atoms with Crippen LogP contribution in [-0.2, 0) is 18.4 Å². The number of rotatable bonds is 5. The van der Waals surface area contributed by atoms with Gasteiger partial charge in [-0.1, -0.05) is 11.6 Å². The van der Waals surface area contributed by atoms with Crippen LogP contribution >= 0.6 is 11.6 Å². The molecule has 0 bridgehead atoms. The Balaban J connectivity index is 1.58. The summed E-state index contributed by atoms with van der Waals surface area (Å²) in [5.74, 6) is -0.143. The number of aryl methyl sites for hydroxylation is 1. The number of hydrogen-bond acceptors (Lipinski definition) is 2. The Kier molecular flexibility index (Phi) is 4.71. The first-order chi connectivity index (χ1) is 11.5. The first kappa shape index (κ1) is 16.3. The second-order valence-corrected chi connectivity index (χ2v) is 5.85. The quantitative estimate of drug-likeness (QED) is 0.766. The maximum Gasteiger partial charge on any atom is 0.258 e. The number of ether oxygens (including phenoxy) is 1. The summed E-state index contributed by atoms with van der Waals surface area (Å²) in [6, 6.07) is 13.2.